The zero-order valence-electron chi connectivity index (χ0n) is 11.3. The predicted molar refractivity (Wildman–Crippen MR) is 91.7 cm³/mol. The van der Waals surface area contributed by atoms with E-state index in [0.717, 1.165) is 36.4 Å². The van der Waals surface area contributed by atoms with Crippen LogP contribution in [0.3, 0.4) is 0 Å². The van der Waals surface area contributed by atoms with Gasteiger partial charge in [-0.15, -0.1) is 24.0 Å². The first-order valence-corrected chi connectivity index (χ1v) is 8.37. The van der Waals surface area contributed by atoms with E-state index in [4.69, 9.17) is 11.6 Å². The summed E-state index contributed by atoms with van der Waals surface area (Å²) in [5.41, 5.74) is 0.991. The van der Waals surface area contributed by atoms with E-state index in [9.17, 15) is 0 Å². The van der Waals surface area contributed by atoms with Gasteiger partial charge in [0.05, 0.1) is 10.6 Å². The molecular weight excluding hydrogens is 330 g/mol. The minimum Gasteiger partial charge on any atom is -0.315 e. The van der Waals surface area contributed by atoms with Crippen LogP contribution in [0.5, 0.6) is 0 Å². The monoisotopic (exact) mass is 343 g/mol. The van der Waals surface area contributed by atoms with E-state index in [1.807, 2.05) is 32.2 Å². The van der Waals surface area contributed by atoms with Crippen LogP contribution in [0.15, 0.2) is 37.4 Å². The standard InChI is InChI=1S/C13H14ClN3S3/c1-7-6-19-13(16-7)17-12-11(4-10(18)5-15-12)20-9(3)8(2)14/h4-6,18H,1-3H3,(H,15,16,17)/b9-8-. The van der Waals surface area contributed by atoms with Gasteiger partial charge in [0, 0.05) is 26.4 Å². The average molecular weight is 344 g/mol. The summed E-state index contributed by atoms with van der Waals surface area (Å²) < 4.78 is 0. The molecule has 0 aliphatic carbocycles. The average Bonchev–Trinajstić information content (AvgIpc) is 2.78. The highest BCUT2D eigenvalue weighted by Gasteiger charge is 2.09. The van der Waals surface area contributed by atoms with E-state index in [0.29, 0.717) is 0 Å². The predicted octanol–water partition coefficient (Wildman–Crippen LogP) is 5.46. The second kappa shape index (κ2) is 6.85. The number of thiazole rings is 1. The second-order valence-electron chi connectivity index (χ2n) is 4.15. The number of hydrogen-bond acceptors (Lipinski definition) is 6. The summed E-state index contributed by atoms with van der Waals surface area (Å²) in [6, 6.07) is 1.97. The van der Waals surface area contributed by atoms with Crippen LogP contribution >= 0.6 is 47.3 Å². The van der Waals surface area contributed by atoms with Crippen LogP contribution in [0.1, 0.15) is 19.5 Å². The number of anilines is 2. The van der Waals surface area contributed by atoms with Crippen molar-refractivity contribution < 1.29 is 0 Å². The van der Waals surface area contributed by atoms with Gasteiger partial charge in [-0.1, -0.05) is 23.4 Å². The number of nitrogens with zero attached hydrogens (tertiary/aromatic N) is 2. The lowest BCUT2D eigenvalue weighted by Gasteiger charge is -2.10. The Morgan fingerprint density at radius 1 is 1.45 bits per heavy atom. The number of aromatic nitrogens is 2. The fourth-order valence-corrected chi connectivity index (χ4v) is 3.29. The molecule has 0 saturated heterocycles. The number of thioether (sulfide) groups is 1. The molecule has 0 unspecified atom stereocenters. The first kappa shape index (κ1) is 15.7. The lowest BCUT2D eigenvalue weighted by molar-refractivity contribution is 1.15. The second-order valence-corrected chi connectivity index (χ2v) is 7.35. The maximum Gasteiger partial charge on any atom is 0.188 e. The van der Waals surface area contributed by atoms with Crippen molar-refractivity contribution in [3.63, 3.8) is 0 Å². The summed E-state index contributed by atoms with van der Waals surface area (Å²) in [6.07, 6.45) is 1.71. The molecule has 0 aliphatic heterocycles. The summed E-state index contributed by atoms with van der Waals surface area (Å²) in [4.78, 5) is 11.6. The van der Waals surface area contributed by atoms with Crippen molar-refractivity contribution in [2.45, 2.75) is 30.6 Å². The Morgan fingerprint density at radius 2 is 2.20 bits per heavy atom. The summed E-state index contributed by atoms with van der Waals surface area (Å²) >= 11 is 13.5. The maximum atomic E-state index is 6.02. The van der Waals surface area contributed by atoms with E-state index in [-0.39, 0.29) is 0 Å². The molecule has 0 spiro atoms. The van der Waals surface area contributed by atoms with Crippen molar-refractivity contribution in [2.24, 2.45) is 0 Å². The third-order valence-corrected chi connectivity index (χ3v) is 5.09. The molecular formula is C13H14ClN3S3. The molecule has 0 atom stereocenters. The summed E-state index contributed by atoms with van der Waals surface area (Å²) in [5, 5.41) is 6.84. The summed E-state index contributed by atoms with van der Waals surface area (Å²) in [5.74, 6) is 0.763. The molecule has 0 saturated carbocycles. The third kappa shape index (κ3) is 4.15. The zero-order valence-corrected chi connectivity index (χ0v) is 14.6. The summed E-state index contributed by atoms with van der Waals surface area (Å²) in [7, 11) is 0. The molecule has 1 N–H and O–H groups in total. The fraction of sp³-hybridized carbons (Fsp3) is 0.231. The third-order valence-electron chi connectivity index (χ3n) is 2.43. The normalized spacial score (nSPS) is 12.2. The SMILES string of the molecule is C/C(Cl)=C(\C)Sc1cc(S)cnc1Nc1nc(C)cs1. The van der Waals surface area contributed by atoms with Gasteiger partial charge < -0.3 is 5.32 Å². The summed E-state index contributed by atoms with van der Waals surface area (Å²) in [6.45, 7) is 5.82. The van der Waals surface area contributed by atoms with Crippen molar-refractivity contribution in [3.8, 4) is 0 Å². The Balaban J connectivity index is 2.30. The van der Waals surface area contributed by atoms with E-state index < -0.39 is 0 Å². The molecule has 0 aromatic carbocycles. The number of rotatable bonds is 4. The molecule has 2 heterocycles. The largest absolute Gasteiger partial charge is 0.315 e. The Kier molecular flexibility index (Phi) is 5.37. The Labute approximate surface area is 137 Å². The Hall–Kier alpha value is -0.690. The topological polar surface area (TPSA) is 37.8 Å². The van der Waals surface area contributed by atoms with E-state index >= 15 is 0 Å². The van der Waals surface area contributed by atoms with Crippen LogP contribution in [-0.2, 0) is 0 Å². The van der Waals surface area contributed by atoms with Gasteiger partial charge in [0.25, 0.3) is 0 Å². The number of pyridine rings is 1. The van der Waals surface area contributed by atoms with E-state index in [2.05, 4.69) is 27.9 Å². The lowest BCUT2D eigenvalue weighted by Crippen LogP contribution is -1.95. The molecule has 0 radical (unpaired) electrons. The van der Waals surface area contributed by atoms with Crippen LogP contribution < -0.4 is 5.32 Å². The van der Waals surface area contributed by atoms with Crippen LogP contribution in [0.2, 0.25) is 0 Å². The van der Waals surface area contributed by atoms with Crippen LogP contribution in [0, 0.1) is 6.92 Å². The van der Waals surface area contributed by atoms with Gasteiger partial charge in [0.1, 0.15) is 5.82 Å². The highest BCUT2D eigenvalue weighted by molar-refractivity contribution is 8.03. The van der Waals surface area contributed by atoms with Crippen molar-refractivity contribution >= 4 is 58.3 Å². The van der Waals surface area contributed by atoms with Crippen LogP contribution in [-0.4, -0.2) is 9.97 Å². The van der Waals surface area contributed by atoms with E-state index in [1.54, 1.807) is 29.3 Å². The minimum atomic E-state index is 0.763. The van der Waals surface area contributed by atoms with Crippen LogP contribution in [0.4, 0.5) is 10.9 Å². The van der Waals surface area contributed by atoms with Crippen molar-refractivity contribution in [2.75, 3.05) is 5.32 Å². The Bertz CT molecular complexity index is 648. The molecule has 2 aromatic rings. The molecule has 0 fully saturated rings. The van der Waals surface area contributed by atoms with Gasteiger partial charge >= 0.3 is 0 Å². The van der Waals surface area contributed by atoms with Crippen molar-refractivity contribution in [1.29, 1.82) is 0 Å². The number of aryl methyl sites for hydroxylation is 1. The fourth-order valence-electron chi connectivity index (χ4n) is 1.35. The number of hydrogen-bond donors (Lipinski definition) is 2. The molecule has 20 heavy (non-hydrogen) atoms. The smallest absolute Gasteiger partial charge is 0.188 e. The number of allylic oxidation sites excluding steroid dienone is 2. The molecule has 7 heteroatoms. The number of halogens is 1. The van der Waals surface area contributed by atoms with Crippen molar-refractivity contribution in [3.05, 3.63) is 33.3 Å². The first-order valence-electron chi connectivity index (χ1n) is 5.84. The van der Waals surface area contributed by atoms with Gasteiger partial charge in [0.15, 0.2) is 5.13 Å². The highest BCUT2D eigenvalue weighted by atomic mass is 35.5. The zero-order chi connectivity index (χ0) is 14.7. The molecule has 0 aliphatic rings. The quantitative estimate of drug-likeness (QED) is 0.571. The number of nitrogens with one attached hydrogen (secondary N) is 1. The molecule has 2 rings (SSSR count). The van der Waals surface area contributed by atoms with Gasteiger partial charge in [0.2, 0.25) is 0 Å². The minimum absolute atomic E-state index is 0.763. The number of thiol groups is 1. The molecule has 0 bridgehead atoms. The maximum absolute atomic E-state index is 6.02. The molecule has 3 nitrogen and oxygen atoms in total. The van der Waals surface area contributed by atoms with E-state index in [1.165, 1.54) is 0 Å². The van der Waals surface area contributed by atoms with Crippen molar-refractivity contribution in [1.82, 2.24) is 9.97 Å². The van der Waals surface area contributed by atoms with Gasteiger partial charge in [-0.3, -0.25) is 0 Å². The molecule has 106 valence electrons. The Morgan fingerprint density at radius 3 is 2.80 bits per heavy atom. The van der Waals surface area contributed by atoms with Gasteiger partial charge in [-0.2, -0.15) is 0 Å². The van der Waals surface area contributed by atoms with Gasteiger partial charge in [-0.05, 0) is 26.8 Å². The highest BCUT2D eigenvalue weighted by Crippen LogP contribution is 2.36. The molecule has 2 aromatic heterocycles. The lowest BCUT2D eigenvalue weighted by atomic mass is 10.4. The van der Waals surface area contributed by atoms with Crippen LogP contribution in [0.25, 0.3) is 0 Å². The van der Waals surface area contributed by atoms with Gasteiger partial charge in [-0.25, -0.2) is 9.97 Å². The first-order chi connectivity index (χ1) is 9.45. The molecule has 0 amide bonds.